The van der Waals surface area contributed by atoms with Crippen LogP contribution >= 0.6 is 11.3 Å². The highest BCUT2D eigenvalue weighted by molar-refractivity contribution is 7.10. The molecule has 1 heterocycles. The van der Waals surface area contributed by atoms with Gasteiger partial charge in [0.2, 0.25) is 0 Å². The molecule has 0 aliphatic heterocycles. The second-order valence-electron chi connectivity index (χ2n) is 1.81. The van der Waals surface area contributed by atoms with Crippen LogP contribution in [0, 0.1) is 19.0 Å². The van der Waals surface area contributed by atoms with Crippen molar-refractivity contribution >= 4 is 11.3 Å². The van der Waals surface area contributed by atoms with Gasteiger partial charge in [0.1, 0.15) is 0 Å². The molecule has 0 unspecified atom stereocenters. The van der Waals surface area contributed by atoms with Crippen molar-refractivity contribution in [3.05, 3.63) is 21.6 Å². The Morgan fingerprint density at radius 2 is 2.12 bits per heavy atom. The third-order valence-electron chi connectivity index (χ3n) is 0.980. The number of hydrogen-bond acceptors (Lipinski definition) is 1. The molecule has 0 aliphatic carbocycles. The molecule has 1 rings (SSSR count). The molecular formula is C6H7FS. The highest BCUT2D eigenvalue weighted by Crippen LogP contribution is 2.17. The van der Waals surface area contributed by atoms with E-state index in [0.29, 0.717) is 0 Å². The van der Waals surface area contributed by atoms with E-state index in [-0.39, 0.29) is 5.13 Å². The zero-order chi connectivity index (χ0) is 6.15. The van der Waals surface area contributed by atoms with Gasteiger partial charge in [0, 0.05) is 4.88 Å². The molecule has 0 saturated heterocycles. The molecule has 0 spiro atoms. The minimum Gasteiger partial charge on any atom is -0.195 e. The van der Waals surface area contributed by atoms with Crippen LogP contribution in [-0.2, 0) is 0 Å². The Bertz CT molecular complexity index is 171. The topological polar surface area (TPSA) is 0 Å². The van der Waals surface area contributed by atoms with Crippen molar-refractivity contribution in [1.82, 2.24) is 0 Å². The Morgan fingerprint density at radius 3 is 2.25 bits per heavy atom. The Kier molecular flexibility index (Phi) is 1.34. The maximum atomic E-state index is 12.4. The molecule has 44 valence electrons. The molecule has 2 heteroatoms. The summed E-state index contributed by atoms with van der Waals surface area (Å²) >= 11 is 1.20. The van der Waals surface area contributed by atoms with Gasteiger partial charge in [-0.1, -0.05) is 0 Å². The molecule has 8 heavy (non-hydrogen) atoms. The van der Waals surface area contributed by atoms with Gasteiger partial charge in [-0.25, -0.2) is 0 Å². The molecule has 0 fully saturated rings. The highest BCUT2D eigenvalue weighted by atomic mass is 32.1. The molecule has 0 aromatic carbocycles. The normalized spacial score (nSPS) is 9.88. The summed E-state index contributed by atoms with van der Waals surface area (Å²) in [5, 5.41) is -0.0532. The van der Waals surface area contributed by atoms with Gasteiger partial charge in [-0.2, -0.15) is 4.39 Å². The van der Waals surface area contributed by atoms with Crippen LogP contribution in [0.2, 0.25) is 0 Å². The number of halogens is 1. The van der Waals surface area contributed by atoms with Crippen molar-refractivity contribution in [3.8, 4) is 0 Å². The third kappa shape index (κ3) is 0.892. The first-order valence-corrected chi connectivity index (χ1v) is 3.24. The van der Waals surface area contributed by atoms with Crippen LogP contribution in [0.25, 0.3) is 0 Å². The fourth-order valence-corrected chi connectivity index (χ4v) is 1.35. The minimum atomic E-state index is -0.0532. The third-order valence-corrected chi connectivity index (χ3v) is 1.92. The van der Waals surface area contributed by atoms with Gasteiger partial charge in [0.15, 0.2) is 5.13 Å². The standard InChI is InChI=1S/C6H7FS/c1-4-3-5(2)8-6(4)7/h3H,1-2H3. The zero-order valence-corrected chi connectivity index (χ0v) is 5.68. The lowest BCUT2D eigenvalue weighted by atomic mass is 10.3. The van der Waals surface area contributed by atoms with Crippen LogP contribution in [-0.4, -0.2) is 0 Å². The highest BCUT2D eigenvalue weighted by Gasteiger charge is 1.98. The fraction of sp³-hybridized carbons (Fsp3) is 0.333. The Labute approximate surface area is 52.0 Å². The van der Waals surface area contributed by atoms with E-state index in [1.807, 2.05) is 13.0 Å². The van der Waals surface area contributed by atoms with E-state index >= 15 is 0 Å². The summed E-state index contributed by atoms with van der Waals surface area (Å²) in [5.74, 6) is 0. The van der Waals surface area contributed by atoms with E-state index in [1.54, 1.807) is 6.92 Å². The number of thiophene rings is 1. The predicted molar refractivity (Wildman–Crippen MR) is 33.8 cm³/mol. The van der Waals surface area contributed by atoms with Crippen molar-refractivity contribution in [2.45, 2.75) is 13.8 Å². The van der Waals surface area contributed by atoms with E-state index < -0.39 is 0 Å². The van der Waals surface area contributed by atoms with Gasteiger partial charge in [0.25, 0.3) is 0 Å². The van der Waals surface area contributed by atoms with Gasteiger partial charge in [-0.15, -0.1) is 11.3 Å². The maximum Gasteiger partial charge on any atom is 0.179 e. The minimum absolute atomic E-state index is 0.0532. The van der Waals surface area contributed by atoms with Crippen molar-refractivity contribution in [2.75, 3.05) is 0 Å². The summed E-state index contributed by atoms with van der Waals surface area (Å²) in [5.41, 5.74) is 0.757. The quantitative estimate of drug-likeness (QED) is 0.506. The van der Waals surface area contributed by atoms with Gasteiger partial charge in [0.05, 0.1) is 0 Å². The average molecular weight is 130 g/mol. The molecule has 0 amide bonds. The summed E-state index contributed by atoms with van der Waals surface area (Å²) in [7, 11) is 0. The number of aryl methyl sites for hydroxylation is 2. The van der Waals surface area contributed by atoms with Crippen molar-refractivity contribution < 1.29 is 4.39 Å². The molecule has 1 aromatic heterocycles. The smallest absolute Gasteiger partial charge is 0.179 e. The zero-order valence-electron chi connectivity index (χ0n) is 4.86. The predicted octanol–water partition coefficient (Wildman–Crippen LogP) is 2.50. The van der Waals surface area contributed by atoms with Crippen molar-refractivity contribution in [2.24, 2.45) is 0 Å². The summed E-state index contributed by atoms with van der Waals surface area (Å²) in [6, 6.07) is 1.85. The Morgan fingerprint density at radius 1 is 1.50 bits per heavy atom. The lowest BCUT2D eigenvalue weighted by Gasteiger charge is -1.74. The van der Waals surface area contributed by atoms with Gasteiger partial charge >= 0.3 is 0 Å². The van der Waals surface area contributed by atoms with E-state index in [2.05, 4.69) is 0 Å². The average Bonchev–Trinajstić information content (AvgIpc) is 1.85. The Balaban J connectivity index is 3.14. The first kappa shape index (κ1) is 5.76. The van der Waals surface area contributed by atoms with Crippen LogP contribution in [0.15, 0.2) is 6.07 Å². The summed E-state index contributed by atoms with van der Waals surface area (Å²) in [4.78, 5) is 1.04. The van der Waals surface area contributed by atoms with E-state index in [0.717, 1.165) is 10.4 Å². The monoisotopic (exact) mass is 130 g/mol. The van der Waals surface area contributed by atoms with Gasteiger partial charge in [-0.05, 0) is 25.5 Å². The van der Waals surface area contributed by atoms with Crippen LogP contribution in [0.5, 0.6) is 0 Å². The van der Waals surface area contributed by atoms with Gasteiger partial charge in [-0.3, -0.25) is 0 Å². The maximum absolute atomic E-state index is 12.4. The lowest BCUT2D eigenvalue weighted by molar-refractivity contribution is 0.649. The largest absolute Gasteiger partial charge is 0.195 e. The van der Waals surface area contributed by atoms with Crippen LogP contribution < -0.4 is 0 Å². The molecule has 0 radical (unpaired) electrons. The molecule has 0 bridgehead atoms. The van der Waals surface area contributed by atoms with Crippen LogP contribution in [0.1, 0.15) is 10.4 Å². The van der Waals surface area contributed by atoms with Crippen LogP contribution in [0.4, 0.5) is 4.39 Å². The molecule has 0 atom stereocenters. The SMILES string of the molecule is Cc1cc(C)c(F)s1. The Hall–Kier alpha value is -0.370. The second kappa shape index (κ2) is 1.86. The summed E-state index contributed by atoms with van der Waals surface area (Å²) < 4.78 is 12.4. The molecule has 0 saturated carbocycles. The van der Waals surface area contributed by atoms with E-state index in [4.69, 9.17) is 0 Å². The summed E-state index contributed by atoms with van der Waals surface area (Å²) in [6.07, 6.45) is 0. The van der Waals surface area contributed by atoms with Crippen LogP contribution in [0.3, 0.4) is 0 Å². The lowest BCUT2D eigenvalue weighted by Crippen LogP contribution is -1.63. The first-order chi connectivity index (χ1) is 3.70. The number of hydrogen-bond donors (Lipinski definition) is 0. The van der Waals surface area contributed by atoms with Crippen molar-refractivity contribution in [1.29, 1.82) is 0 Å². The molecule has 0 nitrogen and oxygen atoms in total. The van der Waals surface area contributed by atoms with E-state index in [1.165, 1.54) is 11.3 Å². The summed E-state index contributed by atoms with van der Waals surface area (Å²) in [6.45, 7) is 3.68. The van der Waals surface area contributed by atoms with E-state index in [9.17, 15) is 4.39 Å². The molecular weight excluding hydrogens is 123 g/mol. The van der Waals surface area contributed by atoms with Gasteiger partial charge < -0.3 is 0 Å². The molecule has 0 N–H and O–H groups in total. The molecule has 1 aromatic rings. The first-order valence-electron chi connectivity index (χ1n) is 2.42. The second-order valence-corrected chi connectivity index (χ2v) is 3.02. The fourth-order valence-electron chi connectivity index (χ4n) is 0.613. The van der Waals surface area contributed by atoms with Crippen molar-refractivity contribution in [3.63, 3.8) is 0 Å². The number of rotatable bonds is 0. The molecule has 0 aliphatic rings.